The number of carbonyl (C=O) groups is 1. The Balaban J connectivity index is 2.34. The second-order valence-corrected chi connectivity index (χ2v) is 5.38. The molecule has 1 saturated heterocycles. The first kappa shape index (κ1) is 13.3. The van der Waals surface area contributed by atoms with Gasteiger partial charge in [0.15, 0.2) is 0 Å². The van der Waals surface area contributed by atoms with Crippen LogP contribution in [0.3, 0.4) is 0 Å². The maximum absolute atomic E-state index is 11.1. The average Bonchev–Trinajstić information content (AvgIpc) is 2.48. The van der Waals surface area contributed by atoms with Gasteiger partial charge in [0.25, 0.3) is 0 Å². The van der Waals surface area contributed by atoms with Crippen molar-refractivity contribution in [1.29, 1.82) is 0 Å². The van der Waals surface area contributed by atoms with Crippen molar-refractivity contribution in [2.24, 2.45) is 5.92 Å². The van der Waals surface area contributed by atoms with Gasteiger partial charge in [-0.2, -0.15) is 0 Å². The minimum Gasteiger partial charge on any atom is -0.465 e. The predicted molar refractivity (Wildman–Crippen MR) is 64.7 cm³/mol. The lowest BCUT2D eigenvalue weighted by Crippen LogP contribution is -2.41. The summed E-state index contributed by atoms with van der Waals surface area (Å²) in [4.78, 5) is 12.6. The van der Waals surface area contributed by atoms with Crippen LogP contribution in [0.25, 0.3) is 0 Å². The van der Waals surface area contributed by atoms with E-state index >= 15 is 0 Å². The number of rotatable bonds is 5. The van der Waals surface area contributed by atoms with Crippen molar-refractivity contribution in [3.05, 3.63) is 0 Å². The first-order chi connectivity index (χ1) is 7.47. The van der Waals surface area contributed by atoms with Crippen molar-refractivity contribution in [2.45, 2.75) is 45.1 Å². The third kappa shape index (κ3) is 3.37. The van der Waals surface area contributed by atoms with Crippen molar-refractivity contribution >= 4 is 6.09 Å². The Kier molecular flexibility index (Phi) is 4.59. The zero-order chi connectivity index (χ0) is 12.2. The zero-order valence-electron chi connectivity index (χ0n) is 10.6. The molecule has 1 atom stereocenters. The molecule has 1 aliphatic rings. The van der Waals surface area contributed by atoms with Crippen molar-refractivity contribution in [1.82, 2.24) is 10.2 Å². The van der Waals surface area contributed by atoms with Crippen LogP contribution in [-0.2, 0) is 0 Å². The third-order valence-corrected chi connectivity index (χ3v) is 3.48. The summed E-state index contributed by atoms with van der Waals surface area (Å²) in [5, 5.41) is 12.2. The lowest BCUT2D eigenvalue weighted by molar-refractivity contribution is 0.117. The predicted octanol–water partition coefficient (Wildman–Crippen LogP) is 2.15. The fraction of sp³-hybridized carbons (Fsp3) is 0.917. The molecule has 4 heteroatoms. The Hall–Kier alpha value is -0.770. The van der Waals surface area contributed by atoms with Gasteiger partial charge >= 0.3 is 6.09 Å². The molecule has 16 heavy (non-hydrogen) atoms. The topological polar surface area (TPSA) is 52.6 Å². The minimum absolute atomic E-state index is 0.181. The van der Waals surface area contributed by atoms with Crippen LogP contribution >= 0.6 is 0 Å². The van der Waals surface area contributed by atoms with Crippen molar-refractivity contribution in [2.75, 3.05) is 20.1 Å². The molecular weight excluding hydrogens is 204 g/mol. The van der Waals surface area contributed by atoms with Crippen LogP contribution in [0.5, 0.6) is 0 Å². The summed E-state index contributed by atoms with van der Waals surface area (Å²) in [6, 6.07) is 0. The summed E-state index contributed by atoms with van der Waals surface area (Å²) in [5.74, 6) is 0.544. The molecule has 0 spiro atoms. The van der Waals surface area contributed by atoms with Crippen molar-refractivity contribution < 1.29 is 9.90 Å². The van der Waals surface area contributed by atoms with Crippen LogP contribution in [0, 0.1) is 5.92 Å². The van der Waals surface area contributed by atoms with Crippen LogP contribution in [0.1, 0.15) is 39.5 Å². The SMILES string of the molecule is CNCCCC[C@@H]1CN(C(=O)O)C(C)(C)C1. The van der Waals surface area contributed by atoms with E-state index in [1.165, 1.54) is 12.8 Å². The van der Waals surface area contributed by atoms with E-state index in [0.29, 0.717) is 12.5 Å². The summed E-state index contributed by atoms with van der Waals surface area (Å²) in [7, 11) is 1.96. The second kappa shape index (κ2) is 5.53. The zero-order valence-corrected chi connectivity index (χ0v) is 10.6. The fourth-order valence-electron chi connectivity index (χ4n) is 2.65. The number of amides is 1. The molecule has 0 aromatic carbocycles. The summed E-state index contributed by atoms with van der Waals surface area (Å²) in [5.41, 5.74) is -0.181. The molecule has 0 radical (unpaired) electrons. The number of hydrogen-bond acceptors (Lipinski definition) is 2. The van der Waals surface area contributed by atoms with E-state index in [1.54, 1.807) is 4.90 Å². The second-order valence-electron chi connectivity index (χ2n) is 5.38. The van der Waals surface area contributed by atoms with Gasteiger partial charge in [-0.1, -0.05) is 6.42 Å². The number of nitrogens with one attached hydrogen (secondary N) is 1. The summed E-state index contributed by atoms with van der Waals surface area (Å²) in [6.07, 6.45) is 3.74. The van der Waals surface area contributed by atoms with Crippen molar-refractivity contribution in [3.63, 3.8) is 0 Å². The van der Waals surface area contributed by atoms with Crippen LogP contribution in [0.2, 0.25) is 0 Å². The average molecular weight is 228 g/mol. The highest BCUT2D eigenvalue weighted by Crippen LogP contribution is 2.34. The molecule has 0 aromatic heterocycles. The van der Waals surface area contributed by atoms with E-state index in [0.717, 1.165) is 19.4 Å². The number of hydrogen-bond donors (Lipinski definition) is 2. The van der Waals surface area contributed by atoms with Crippen LogP contribution < -0.4 is 5.32 Å². The number of likely N-dealkylation sites (tertiary alicyclic amines) is 1. The first-order valence-corrected chi connectivity index (χ1v) is 6.12. The van der Waals surface area contributed by atoms with Crippen LogP contribution in [-0.4, -0.2) is 41.8 Å². The maximum Gasteiger partial charge on any atom is 0.407 e. The molecule has 0 aliphatic carbocycles. The largest absolute Gasteiger partial charge is 0.465 e. The third-order valence-electron chi connectivity index (χ3n) is 3.48. The van der Waals surface area contributed by atoms with Crippen LogP contribution in [0.15, 0.2) is 0 Å². The van der Waals surface area contributed by atoms with Crippen LogP contribution in [0.4, 0.5) is 4.79 Å². The monoisotopic (exact) mass is 228 g/mol. The van der Waals surface area contributed by atoms with Gasteiger partial charge in [0.2, 0.25) is 0 Å². The summed E-state index contributed by atoms with van der Waals surface area (Å²) < 4.78 is 0. The molecule has 1 heterocycles. The van der Waals surface area contributed by atoms with E-state index in [1.807, 2.05) is 20.9 Å². The smallest absolute Gasteiger partial charge is 0.407 e. The minimum atomic E-state index is -0.775. The van der Waals surface area contributed by atoms with Gasteiger partial charge in [-0.25, -0.2) is 4.79 Å². The first-order valence-electron chi connectivity index (χ1n) is 6.12. The van der Waals surface area contributed by atoms with Gasteiger partial charge in [-0.3, -0.25) is 0 Å². The maximum atomic E-state index is 11.1. The van der Waals surface area contributed by atoms with Gasteiger partial charge < -0.3 is 15.3 Å². The molecule has 1 aliphatic heterocycles. The number of unbranched alkanes of at least 4 members (excludes halogenated alkanes) is 1. The molecule has 1 amide bonds. The van der Waals surface area contributed by atoms with Gasteiger partial charge in [0.1, 0.15) is 0 Å². The van der Waals surface area contributed by atoms with E-state index in [2.05, 4.69) is 5.32 Å². The molecule has 0 bridgehead atoms. The Labute approximate surface area is 98.0 Å². The summed E-state index contributed by atoms with van der Waals surface area (Å²) >= 11 is 0. The fourth-order valence-corrected chi connectivity index (χ4v) is 2.65. The number of carboxylic acid groups (broad SMARTS) is 1. The standard InChI is InChI=1S/C12H24N2O2/c1-12(2)8-10(6-4-5-7-13-3)9-14(12)11(15)16/h10,13H,4-9H2,1-3H3,(H,15,16)/t10-/m0/s1. The Morgan fingerprint density at radius 1 is 1.50 bits per heavy atom. The molecule has 1 rings (SSSR count). The van der Waals surface area contributed by atoms with E-state index in [9.17, 15) is 4.79 Å². The molecule has 0 unspecified atom stereocenters. The van der Waals surface area contributed by atoms with Gasteiger partial charge in [0.05, 0.1) is 0 Å². The lowest BCUT2D eigenvalue weighted by atomic mass is 9.93. The number of nitrogens with zero attached hydrogens (tertiary/aromatic N) is 1. The molecule has 0 saturated carbocycles. The van der Waals surface area contributed by atoms with Gasteiger partial charge in [0, 0.05) is 12.1 Å². The molecule has 94 valence electrons. The Morgan fingerprint density at radius 3 is 2.69 bits per heavy atom. The molecule has 1 fully saturated rings. The molecule has 2 N–H and O–H groups in total. The highest BCUT2D eigenvalue weighted by atomic mass is 16.4. The highest BCUT2D eigenvalue weighted by molar-refractivity contribution is 5.66. The Bertz CT molecular complexity index is 241. The molecule has 0 aromatic rings. The van der Waals surface area contributed by atoms with E-state index in [-0.39, 0.29) is 5.54 Å². The molecule has 4 nitrogen and oxygen atoms in total. The quantitative estimate of drug-likeness (QED) is 0.709. The molecular formula is C12H24N2O2. The van der Waals surface area contributed by atoms with Gasteiger partial charge in [-0.05, 0) is 52.6 Å². The van der Waals surface area contributed by atoms with Gasteiger partial charge in [-0.15, -0.1) is 0 Å². The lowest BCUT2D eigenvalue weighted by Gasteiger charge is -2.28. The summed E-state index contributed by atoms with van der Waals surface area (Å²) in [6.45, 7) is 5.81. The van der Waals surface area contributed by atoms with Crippen molar-refractivity contribution in [3.8, 4) is 0 Å². The highest BCUT2D eigenvalue weighted by Gasteiger charge is 2.40. The van der Waals surface area contributed by atoms with E-state index < -0.39 is 6.09 Å². The Morgan fingerprint density at radius 2 is 2.19 bits per heavy atom. The van der Waals surface area contributed by atoms with E-state index in [4.69, 9.17) is 5.11 Å². The normalized spacial score (nSPS) is 23.7.